The first-order valence-corrected chi connectivity index (χ1v) is 11.2. The monoisotopic (exact) mass is 396 g/mol. The van der Waals surface area contributed by atoms with Gasteiger partial charge < -0.3 is 9.59 Å². The molecule has 0 heterocycles. The van der Waals surface area contributed by atoms with Crippen LogP contribution in [0.25, 0.3) is 0 Å². The summed E-state index contributed by atoms with van der Waals surface area (Å²) in [5.74, 6) is 3.46. The van der Waals surface area contributed by atoms with Gasteiger partial charge in [-0.3, -0.25) is 0 Å². The van der Waals surface area contributed by atoms with E-state index in [4.69, 9.17) is 0 Å². The van der Waals surface area contributed by atoms with Crippen LogP contribution in [0.1, 0.15) is 35.8 Å². The van der Waals surface area contributed by atoms with Crippen LogP contribution in [0.15, 0.2) is 85.0 Å². The Kier molecular flexibility index (Phi) is 5.25. The van der Waals surface area contributed by atoms with Crippen LogP contribution in [0.2, 0.25) is 0 Å². The van der Waals surface area contributed by atoms with Gasteiger partial charge >= 0.3 is 0 Å². The molecular weight excluding hydrogens is 368 g/mol. The summed E-state index contributed by atoms with van der Waals surface area (Å²) in [5, 5.41) is 0. The first-order chi connectivity index (χ1) is 14.8. The molecule has 6 unspecified atom stereocenters. The molecule has 0 aromatic heterocycles. The average molecular weight is 397 g/mol. The van der Waals surface area contributed by atoms with Crippen molar-refractivity contribution < 1.29 is 9.59 Å². The summed E-state index contributed by atoms with van der Waals surface area (Å²) >= 11 is 0. The van der Waals surface area contributed by atoms with Gasteiger partial charge in [0.2, 0.25) is 0 Å². The second-order valence-corrected chi connectivity index (χ2v) is 9.20. The summed E-state index contributed by atoms with van der Waals surface area (Å²) in [6.45, 7) is 0. The van der Waals surface area contributed by atoms with Gasteiger partial charge in [-0.25, -0.2) is 0 Å². The lowest BCUT2D eigenvalue weighted by Crippen LogP contribution is -2.18. The summed E-state index contributed by atoms with van der Waals surface area (Å²) in [6, 6.07) is 20.9. The Morgan fingerprint density at radius 3 is 1.27 bits per heavy atom. The highest BCUT2D eigenvalue weighted by Crippen LogP contribution is 2.52. The lowest BCUT2D eigenvalue weighted by molar-refractivity contribution is -0.112. The number of aldehydes is 2. The Morgan fingerprint density at radius 1 is 0.533 bits per heavy atom. The maximum absolute atomic E-state index is 11.1. The predicted octanol–water partition coefficient (Wildman–Crippen LogP) is 5.58. The molecule has 0 aliphatic heterocycles. The van der Waals surface area contributed by atoms with Crippen molar-refractivity contribution in [2.24, 2.45) is 35.5 Å². The van der Waals surface area contributed by atoms with Crippen LogP contribution in [0.4, 0.5) is 0 Å². The van der Waals surface area contributed by atoms with Crippen molar-refractivity contribution in [1.29, 1.82) is 0 Å². The molecule has 2 nitrogen and oxygen atoms in total. The zero-order valence-electron chi connectivity index (χ0n) is 17.1. The van der Waals surface area contributed by atoms with E-state index in [2.05, 4.69) is 72.8 Å². The molecule has 2 fully saturated rings. The minimum atomic E-state index is 0.211. The fourth-order valence-electron chi connectivity index (χ4n) is 6.38. The van der Waals surface area contributed by atoms with E-state index in [1.165, 1.54) is 24.0 Å². The molecule has 4 bridgehead atoms. The lowest BCUT2D eigenvalue weighted by atomic mass is 9.79. The molecule has 2 saturated carbocycles. The van der Waals surface area contributed by atoms with Gasteiger partial charge in [0.15, 0.2) is 0 Å². The normalized spacial score (nSPS) is 37.1. The van der Waals surface area contributed by atoms with Gasteiger partial charge in [-0.1, -0.05) is 85.0 Å². The zero-order valence-corrected chi connectivity index (χ0v) is 17.1. The van der Waals surface area contributed by atoms with Crippen molar-refractivity contribution in [2.45, 2.75) is 24.7 Å². The quantitative estimate of drug-likeness (QED) is 0.499. The highest BCUT2D eigenvalue weighted by atomic mass is 16.1. The third kappa shape index (κ3) is 3.29. The summed E-state index contributed by atoms with van der Waals surface area (Å²) in [5.41, 5.74) is 2.65. The molecule has 0 amide bonds. The Labute approximate surface area is 178 Å². The van der Waals surface area contributed by atoms with Crippen molar-refractivity contribution in [3.8, 4) is 0 Å². The van der Waals surface area contributed by atoms with E-state index in [9.17, 15) is 9.59 Å². The molecule has 0 spiro atoms. The van der Waals surface area contributed by atoms with E-state index < -0.39 is 0 Å². The molecule has 2 aromatic rings. The molecule has 30 heavy (non-hydrogen) atoms. The summed E-state index contributed by atoms with van der Waals surface area (Å²) < 4.78 is 0. The van der Waals surface area contributed by atoms with Crippen LogP contribution in [0.3, 0.4) is 0 Å². The minimum Gasteiger partial charge on any atom is -0.303 e. The van der Waals surface area contributed by atoms with Gasteiger partial charge in [-0.2, -0.15) is 0 Å². The fraction of sp³-hybridized carbons (Fsp3) is 0.357. The van der Waals surface area contributed by atoms with Crippen molar-refractivity contribution in [1.82, 2.24) is 0 Å². The van der Waals surface area contributed by atoms with E-state index >= 15 is 0 Å². The van der Waals surface area contributed by atoms with Crippen molar-refractivity contribution in [3.63, 3.8) is 0 Å². The number of carbonyl (C=O) groups is 2. The molecule has 2 heteroatoms. The smallest absolute Gasteiger partial charge is 0.124 e. The molecule has 152 valence electrons. The Hall–Kier alpha value is -2.74. The second-order valence-electron chi connectivity index (χ2n) is 9.20. The summed E-state index contributed by atoms with van der Waals surface area (Å²) in [6.07, 6.45) is 13.7. The third-order valence-electron chi connectivity index (χ3n) is 7.72. The van der Waals surface area contributed by atoms with Crippen molar-refractivity contribution in [2.75, 3.05) is 0 Å². The van der Waals surface area contributed by atoms with Crippen LogP contribution in [0, 0.1) is 35.5 Å². The highest BCUT2D eigenvalue weighted by molar-refractivity contribution is 5.60. The highest BCUT2D eigenvalue weighted by Gasteiger charge is 2.45. The van der Waals surface area contributed by atoms with Gasteiger partial charge in [0.25, 0.3) is 0 Å². The SMILES string of the molecule is O=CC1C2C=CC(C2)[C@@H]1c1ccccc1.O=C[C@H]1C2C=CC(C2)C1c1ccccc1. The van der Waals surface area contributed by atoms with E-state index in [1.807, 2.05) is 12.1 Å². The van der Waals surface area contributed by atoms with E-state index in [0.29, 0.717) is 35.5 Å². The predicted molar refractivity (Wildman–Crippen MR) is 119 cm³/mol. The Balaban J connectivity index is 0.000000128. The van der Waals surface area contributed by atoms with E-state index in [1.54, 1.807) is 0 Å². The first-order valence-electron chi connectivity index (χ1n) is 11.2. The van der Waals surface area contributed by atoms with Crippen LogP contribution >= 0.6 is 0 Å². The molecule has 4 aliphatic carbocycles. The summed E-state index contributed by atoms with van der Waals surface area (Å²) in [4.78, 5) is 22.3. The number of carbonyl (C=O) groups excluding carboxylic acids is 2. The number of fused-ring (bicyclic) bond motifs is 4. The minimum absolute atomic E-state index is 0.211. The van der Waals surface area contributed by atoms with Gasteiger partial charge in [-0.05, 0) is 47.6 Å². The van der Waals surface area contributed by atoms with E-state index in [-0.39, 0.29) is 11.8 Å². The molecule has 0 N–H and O–H groups in total. The zero-order chi connectivity index (χ0) is 20.5. The topological polar surface area (TPSA) is 34.1 Å². The first kappa shape index (κ1) is 19.2. The molecule has 8 atom stereocenters. The van der Waals surface area contributed by atoms with Gasteiger partial charge in [0, 0.05) is 23.7 Å². The van der Waals surface area contributed by atoms with Crippen LogP contribution in [0.5, 0.6) is 0 Å². The average Bonchev–Trinajstić information content (AvgIpc) is 3.60. The number of hydrogen-bond donors (Lipinski definition) is 0. The molecule has 6 rings (SSSR count). The largest absolute Gasteiger partial charge is 0.303 e. The maximum atomic E-state index is 11.1. The second kappa shape index (κ2) is 8.18. The number of benzene rings is 2. The maximum Gasteiger partial charge on any atom is 0.124 e. The molecular formula is C28H28O2. The number of allylic oxidation sites excluding steroid dienone is 4. The van der Waals surface area contributed by atoms with Crippen molar-refractivity contribution >= 4 is 12.6 Å². The Bertz CT molecular complexity index is 866. The summed E-state index contributed by atoms with van der Waals surface area (Å²) in [7, 11) is 0. The number of rotatable bonds is 4. The molecule has 2 aromatic carbocycles. The molecule has 0 saturated heterocycles. The van der Waals surface area contributed by atoms with Gasteiger partial charge in [-0.15, -0.1) is 0 Å². The standard InChI is InChI=1S/2C14H14O/c2*15-9-13-11-6-7-12(8-11)14(13)10-4-2-1-3-5-10/h2*1-7,9,11-14H,8H2/t11?,12?,13?,14-;11?,12?,13-,14?/m00/s1. The van der Waals surface area contributed by atoms with Crippen LogP contribution in [-0.2, 0) is 9.59 Å². The van der Waals surface area contributed by atoms with Crippen LogP contribution < -0.4 is 0 Å². The molecule has 0 radical (unpaired) electrons. The molecule has 4 aliphatic rings. The number of hydrogen-bond acceptors (Lipinski definition) is 2. The fourth-order valence-corrected chi connectivity index (χ4v) is 6.38. The Morgan fingerprint density at radius 2 is 0.900 bits per heavy atom. The van der Waals surface area contributed by atoms with E-state index in [0.717, 1.165) is 12.6 Å². The van der Waals surface area contributed by atoms with Gasteiger partial charge in [0.1, 0.15) is 12.6 Å². The van der Waals surface area contributed by atoms with Crippen LogP contribution in [-0.4, -0.2) is 12.6 Å². The lowest BCUT2D eigenvalue weighted by Gasteiger charge is -2.24. The van der Waals surface area contributed by atoms with Gasteiger partial charge in [0.05, 0.1) is 0 Å². The third-order valence-corrected chi connectivity index (χ3v) is 7.72. The van der Waals surface area contributed by atoms with Crippen molar-refractivity contribution in [3.05, 3.63) is 96.1 Å².